The number of benzene rings is 3. The minimum absolute atomic E-state index is 0.120. The van der Waals surface area contributed by atoms with E-state index in [-0.39, 0.29) is 12.5 Å². The lowest BCUT2D eigenvalue weighted by Gasteiger charge is -2.23. The van der Waals surface area contributed by atoms with Crippen LogP contribution in [-0.4, -0.2) is 53.6 Å². The SMILES string of the molecule is COc1ccc(C(O)CN(C)C(=O)c2cnc(N(C)Cc3ccccc3)nc2-c2ccccc2)cc1. The number of likely N-dealkylation sites (N-methyl/N-ethyl adjacent to an activating group) is 1. The average Bonchev–Trinajstić information content (AvgIpc) is 2.93. The Morgan fingerprint density at radius 2 is 1.58 bits per heavy atom. The molecule has 1 atom stereocenters. The molecule has 0 aliphatic rings. The van der Waals surface area contributed by atoms with Gasteiger partial charge >= 0.3 is 0 Å². The van der Waals surface area contributed by atoms with Crippen LogP contribution in [0.25, 0.3) is 11.3 Å². The summed E-state index contributed by atoms with van der Waals surface area (Å²) >= 11 is 0. The molecule has 1 amide bonds. The van der Waals surface area contributed by atoms with Crippen LogP contribution in [0.15, 0.2) is 91.1 Å². The van der Waals surface area contributed by atoms with Crippen molar-refractivity contribution in [1.29, 1.82) is 0 Å². The van der Waals surface area contributed by atoms with Crippen LogP contribution in [0, 0.1) is 0 Å². The van der Waals surface area contributed by atoms with Gasteiger partial charge in [-0.1, -0.05) is 72.8 Å². The Kier molecular flexibility index (Phi) is 7.92. The lowest BCUT2D eigenvalue weighted by Crippen LogP contribution is -2.32. The molecule has 184 valence electrons. The van der Waals surface area contributed by atoms with Crippen LogP contribution in [0.3, 0.4) is 0 Å². The normalized spacial score (nSPS) is 11.6. The molecule has 1 heterocycles. The molecule has 1 N–H and O–H groups in total. The Morgan fingerprint density at radius 3 is 2.22 bits per heavy atom. The molecule has 0 fully saturated rings. The monoisotopic (exact) mass is 482 g/mol. The maximum atomic E-state index is 13.5. The van der Waals surface area contributed by atoms with E-state index in [4.69, 9.17) is 9.72 Å². The molecule has 7 nitrogen and oxygen atoms in total. The second kappa shape index (κ2) is 11.5. The van der Waals surface area contributed by atoms with Gasteiger partial charge in [0.15, 0.2) is 0 Å². The number of aliphatic hydroxyl groups is 1. The van der Waals surface area contributed by atoms with Crippen LogP contribution in [0.4, 0.5) is 5.95 Å². The van der Waals surface area contributed by atoms with Crippen molar-refractivity contribution in [3.05, 3.63) is 108 Å². The van der Waals surface area contributed by atoms with Gasteiger partial charge in [-0.15, -0.1) is 0 Å². The first kappa shape index (κ1) is 24.9. The Balaban J connectivity index is 1.58. The van der Waals surface area contributed by atoms with Crippen molar-refractivity contribution in [1.82, 2.24) is 14.9 Å². The molecule has 0 aliphatic carbocycles. The van der Waals surface area contributed by atoms with E-state index >= 15 is 0 Å². The van der Waals surface area contributed by atoms with Gasteiger partial charge in [0.25, 0.3) is 5.91 Å². The van der Waals surface area contributed by atoms with E-state index in [1.165, 1.54) is 4.90 Å². The van der Waals surface area contributed by atoms with Crippen LogP contribution >= 0.6 is 0 Å². The van der Waals surface area contributed by atoms with Gasteiger partial charge < -0.3 is 19.6 Å². The Morgan fingerprint density at radius 1 is 0.944 bits per heavy atom. The fourth-order valence-electron chi connectivity index (χ4n) is 3.94. The van der Waals surface area contributed by atoms with Gasteiger partial charge in [0.1, 0.15) is 5.75 Å². The van der Waals surface area contributed by atoms with Crippen molar-refractivity contribution < 1.29 is 14.6 Å². The van der Waals surface area contributed by atoms with Crippen molar-refractivity contribution in [2.75, 3.05) is 32.6 Å². The number of carbonyl (C=O) groups excluding carboxylic acids is 1. The quantitative estimate of drug-likeness (QED) is 0.376. The maximum absolute atomic E-state index is 13.5. The average molecular weight is 483 g/mol. The number of anilines is 1. The van der Waals surface area contributed by atoms with Crippen LogP contribution in [-0.2, 0) is 6.54 Å². The summed E-state index contributed by atoms with van der Waals surface area (Å²) in [4.78, 5) is 26.2. The van der Waals surface area contributed by atoms with Crippen molar-refractivity contribution in [2.45, 2.75) is 12.6 Å². The highest BCUT2D eigenvalue weighted by molar-refractivity contribution is 5.99. The molecule has 36 heavy (non-hydrogen) atoms. The first-order valence-electron chi connectivity index (χ1n) is 11.7. The Labute approximate surface area is 211 Å². The molecule has 1 aromatic heterocycles. The number of aliphatic hydroxyl groups excluding tert-OH is 1. The largest absolute Gasteiger partial charge is 0.497 e. The van der Waals surface area contributed by atoms with Crippen molar-refractivity contribution in [3.8, 4) is 17.0 Å². The molecule has 0 saturated heterocycles. The van der Waals surface area contributed by atoms with E-state index in [1.807, 2.05) is 60.5 Å². The number of rotatable bonds is 9. The molecule has 3 aromatic carbocycles. The van der Waals surface area contributed by atoms with Gasteiger partial charge in [-0.05, 0) is 23.3 Å². The highest BCUT2D eigenvalue weighted by Gasteiger charge is 2.23. The van der Waals surface area contributed by atoms with Gasteiger partial charge in [-0.25, -0.2) is 9.97 Å². The van der Waals surface area contributed by atoms with Crippen LogP contribution in [0.1, 0.15) is 27.6 Å². The minimum Gasteiger partial charge on any atom is -0.497 e. The van der Waals surface area contributed by atoms with E-state index in [2.05, 4.69) is 17.1 Å². The summed E-state index contributed by atoms with van der Waals surface area (Å²) < 4.78 is 5.18. The predicted molar refractivity (Wildman–Crippen MR) is 141 cm³/mol. The topological polar surface area (TPSA) is 78.8 Å². The fraction of sp³-hybridized carbons (Fsp3) is 0.207. The minimum atomic E-state index is -0.845. The molecule has 1 unspecified atom stereocenters. The van der Waals surface area contributed by atoms with Crippen molar-refractivity contribution in [3.63, 3.8) is 0 Å². The van der Waals surface area contributed by atoms with Crippen LogP contribution in [0.2, 0.25) is 0 Å². The third-order valence-corrected chi connectivity index (χ3v) is 5.95. The summed E-state index contributed by atoms with van der Waals surface area (Å²) in [6, 6.07) is 26.8. The van der Waals surface area contributed by atoms with Crippen molar-refractivity contribution in [2.24, 2.45) is 0 Å². The zero-order valence-electron chi connectivity index (χ0n) is 20.7. The number of hydrogen-bond acceptors (Lipinski definition) is 6. The Hall–Kier alpha value is -4.23. The number of ether oxygens (including phenoxy) is 1. The highest BCUT2D eigenvalue weighted by Crippen LogP contribution is 2.26. The molecule has 0 spiro atoms. The second-order valence-corrected chi connectivity index (χ2v) is 8.61. The molecule has 4 rings (SSSR count). The fourth-order valence-corrected chi connectivity index (χ4v) is 3.94. The number of carbonyl (C=O) groups is 1. The van der Waals surface area contributed by atoms with E-state index < -0.39 is 6.10 Å². The van der Waals surface area contributed by atoms with E-state index in [1.54, 1.807) is 44.6 Å². The zero-order valence-corrected chi connectivity index (χ0v) is 20.7. The number of amides is 1. The van der Waals surface area contributed by atoms with Gasteiger partial charge in [-0.2, -0.15) is 0 Å². The van der Waals surface area contributed by atoms with Crippen LogP contribution in [0.5, 0.6) is 5.75 Å². The summed E-state index contributed by atoms with van der Waals surface area (Å²) in [5.74, 6) is 0.964. The third-order valence-electron chi connectivity index (χ3n) is 5.95. The van der Waals surface area contributed by atoms with E-state index in [9.17, 15) is 9.90 Å². The van der Waals surface area contributed by atoms with Gasteiger partial charge in [0.2, 0.25) is 5.95 Å². The van der Waals surface area contributed by atoms with Gasteiger partial charge in [0, 0.05) is 32.4 Å². The summed E-state index contributed by atoms with van der Waals surface area (Å²) in [5.41, 5.74) is 3.59. The molecule has 0 aliphatic heterocycles. The van der Waals surface area contributed by atoms with E-state index in [0.29, 0.717) is 35.1 Å². The maximum Gasteiger partial charge on any atom is 0.257 e. The third kappa shape index (κ3) is 5.87. The molecule has 0 bridgehead atoms. The zero-order chi connectivity index (χ0) is 25.5. The molecular weight excluding hydrogens is 452 g/mol. The highest BCUT2D eigenvalue weighted by atomic mass is 16.5. The summed E-state index contributed by atoms with van der Waals surface area (Å²) in [6.07, 6.45) is 0.729. The molecular formula is C29H30N4O3. The number of hydrogen-bond donors (Lipinski definition) is 1. The van der Waals surface area contributed by atoms with E-state index in [0.717, 1.165) is 11.1 Å². The first-order valence-corrected chi connectivity index (χ1v) is 11.7. The van der Waals surface area contributed by atoms with Crippen molar-refractivity contribution >= 4 is 11.9 Å². The summed E-state index contributed by atoms with van der Waals surface area (Å²) in [5, 5.41) is 10.7. The molecule has 0 saturated carbocycles. The standard InChI is InChI=1S/C29H30N4O3/c1-32(20-26(34)22-14-16-24(36-3)17-15-22)28(35)25-18-30-29(31-27(25)23-12-8-5-9-13-23)33(2)19-21-10-6-4-7-11-21/h4-18,26,34H,19-20H2,1-3H3. The molecule has 0 radical (unpaired) electrons. The molecule has 7 heteroatoms. The first-order chi connectivity index (χ1) is 17.5. The number of methoxy groups -OCH3 is 1. The second-order valence-electron chi connectivity index (χ2n) is 8.61. The van der Waals surface area contributed by atoms with Gasteiger partial charge in [-0.3, -0.25) is 4.79 Å². The summed E-state index contributed by atoms with van der Waals surface area (Å²) in [6.45, 7) is 0.755. The lowest BCUT2D eigenvalue weighted by molar-refractivity contribution is 0.0681. The lowest BCUT2D eigenvalue weighted by atomic mass is 10.1. The number of nitrogens with zero attached hydrogens (tertiary/aromatic N) is 4. The number of aromatic nitrogens is 2. The predicted octanol–water partition coefficient (Wildman–Crippen LogP) is 4.59. The smallest absolute Gasteiger partial charge is 0.257 e. The Bertz CT molecular complexity index is 1280. The van der Waals surface area contributed by atoms with Crippen LogP contribution < -0.4 is 9.64 Å². The molecule has 4 aromatic rings. The van der Waals surface area contributed by atoms with Gasteiger partial charge in [0.05, 0.1) is 31.0 Å². The summed E-state index contributed by atoms with van der Waals surface area (Å²) in [7, 11) is 5.18.